The molecular weight excluding hydrogens is 338 g/mol. The Morgan fingerprint density at radius 1 is 1.32 bits per heavy atom. The smallest absolute Gasteiger partial charge is 0.410 e. The van der Waals surface area contributed by atoms with Crippen LogP contribution in [0.5, 0.6) is 0 Å². The van der Waals surface area contributed by atoms with Gasteiger partial charge in [-0.05, 0) is 45.7 Å². The van der Waals surface area contributed by atoms with Crippen LogP contribution in [0.1, 0.15) is 33.6 Å². The number of fused-ring (bicyclic) bond motifs is 1. The van der Waals surface area contributed by atoms with Crippen molar-refractivity contribution in [3.63, 3.8) is 0 Å². The van der Waals surface area contributed by atoms with Gasteiger partial charge in [0.25, 0.3) is 0 Å². The Bertz CT molecular complexity index is 803. The normalized spacial score (nSPS) is 19.2. The summed E-state index contributed by atoms with van der Waals surface area (Å²) in [5.74, 6) is 0.353. The van der Waals surface area contributed by atoms with Gasteiger partial charge in [-0.25, -0.2) is 9.78 Å². The Hall–Kier alpha value is -2.02. The third-order valence-electron chi connectivity index (χ3n) is 4.01. The molecule has 0 saturated carbocycles. The topological polar surface area (TPSA) is 72.4 Å². The van der Waals surface area contributed by atoms with Gasteiger partial charge in [0.05, 0.1) is 33.8 Å². The van der Waals surface area contributed by atoms with Crippen LogP contribution in [0.2, 0.25) is 0 Å². The highest BCUT2D eigenvalue weighted by molar-refractivity contribution is 7.85. The summed E-state index contributed by atoms with van der Waals surface area (Å²) in [6.45, 7) is 6.18. The van der Waals surface area contributed by atoms with Crippen LogP contribution < -0.4 is 0 Å². The number of rotatable bonds is 3. The second-order valence-electron chi connectivity index (χ2n) is 7.18. The molecule has 0 N–H and O–H groups in total. The second kappa shape index (κ2) is 7.07. The second-order valence-corrected chi connectivity index (χ2v) is 8.62. The van der Waals surface area contributed by atoms with Gasteiger partial charge >= 0.3 is 6.09 Å². The highest BCUT2D eigenvalue weighted by Gasteiger charge is 2.33. The van der Waals surface area contributed by atoms with Gasteiger partial charge in [0.2, 0.25) is 0 Å². The molecule has 2 heterocycles. The van der Waals surface area contributed by atoms with Gasteiger partial charge in [-0.3, -0.25) is 9.19 Å². The van der Waals surface area contributed by atoms with E-state index >= 15 is 0 Å². The maximum Gasteiger partial charge on any atom is 0.410 e. The molecule has 6 nitrogen and oxygen atoms in total. The summed E-state index contributed by atoms with van der Waals surface area (Å²) in [6.07, 6.45) is 2.94. The molecule has 0 aliphatic carbocycles. The third kappa shape index (κ3) is 4.34. The summed E-state index contributed by atoms with van der Waals surface area (Å²) in [4.78, 5) is 22.8. The number of benzene rings is 1. The van der Waals surface area contributed by atoms with Crippen LogP contribution in [0.25, 0.3) is 11.0 Å². The van der Waals surface area contributed by atoms with Gasteiger partial charge < -0.3 is 9.64 Å². The minimum atomic E-state index is -1.31. The SMILES string of the molecule is CC(C)(C)OC(=O)N1CCC[C@H]1C[S@](=O)c1cnc2ccccc2n1. The molecule has 1 aromatic heterocycles. The first kappa shape index (κ1) is 17.8. The van der Waals surface area contributed by atoms with E-state index in [1.807, 2.05) is 45.0 Å². The maximum absolute atomic E-state index is 12.7. The largest absolute Gasteiger partial charge is 0.444 e. The van der Waals surface area contributed by atoms with E-state index in [1.165, 1.54) is 0 Å². The molecule has 1 aromatic carbocycles. The molecule has 134 valence electrons. The Labute approximate surface area is 150 Å². The summed E-state index contributed by atoms with van der Waals surface area (Å²) < 4.78 is 18.2. The first-order valence-corrected chi connectivity index (χ1v) is 9.75. The zero-order valence-corrected chi connectivity index (χ0v) is 15.6. The van der Waals surface area contributed by atoms with Gasteiger partial charge in [-0.2, -0.15) is 0 Å². The number of para-hydroxylation sites is 2. The van der Waals surface area contributed by atoms with Gasteiger partial charge in [0.15, 0.2) is 0 Å². The van der Waals surface area contributed by atoms with E-state index in [1.54, 1.807) is 11.1 Å². The first-order chi connectivity index (χ1) is 11.8. The summed E-state index contributed by atoms with van der Waals surface area (Å²) in [6, 6.07) is 7.40. The molecule has 0 spiro atoms. The number of carbonyl (C=O) groups excluding carboxylic acids is 1. The quantitative estimate of drug-likeness (QED) is 0.840. The molecule has 2 aromatic rings. The molecule has 1 aliphatic heterocycles. The van der Waals surface area contributed by atoms with Gasteiger partial charge in [-0.15, -0.1) is 0 Å². The van der Waals surface area contributed by atoms with Gasteiger partial charge in [0.1, 0.15) is 10.6 Å². The molecule has 0 bridgehead atoms. The van der Waals surface area contributed by atoms with Crippen molar-refractivity contribution in [3.05, 3.63) is 30.5 Å². The van der Waals surface area contributed by atoms with Crippen LogP contribution in [0, 0.1) is 0 Å². The Kier molecular flexibility index (Phi) is 5.03. The standard InChI is InChI=1S/C18H23N3O3S/c1-18(2,3)24-17(22)21-10-6-7-13(21)12-25(23)16-11-19-14-8-4-5-9-15(14)20-16/h4-5,8-9,11,13H,6-7,10,12H2,1-3H3/t13-,25-/m0/s1. The van der Waals surface area contributed by atoms with Crippen LogP contribution >= 0.6 is 0 Å². The molecule has 1 fully saturated rings. The molecule has 0 radical (unpaired) electrons. The predicted octanol–water partition coefficient (Wildman–Crippen LogP) is 3.14. The Morgan fingerprint density at radius 3 is 2.76 bits per heavy atom. The molecule has 25 heavy (non-hydrogen) atoms. The lowest BCUT2D eigenvalue weighted by Gasteiger charge is -2.28. The lowest BCUT2D eigenvalue weighted by Crippen LogP contribution is -2.42. The molecule has 0 unspecified atom stereocenters. The van der Waals surface area contributed by atoms with Crippen molar-refractivity contribution in [1.29, 1.82) is 0 Å². The van der Waals surface area contributed by atoms with Crippen LogP contribution in [0.3, 0.4) is 0 Å². The predicted molar refractivity (Wildman–Crippen MR) is 96.8 cm³/mol. The van der Waals surface area contributed by atoms with Crippen molar-refractivity contribution in [2.45, 2.75) is 50.3 Å². The van der Waals surface area contributed by atoms with Crippen LogP contribution in [0.15, 0.2) is 35.5 Å². The fourth-order valence-corrected chi connectivity index (χ4v) is 4.12. The van der Waals surface area contributed by atoms with Crippen LogP contribution in [0.4, 0.5) is 4.79 Å². The van der Waals surface area contributed by atoms with E-state index < -0.39 is 16.4 Å². The molecule has 1 amide bonds. The molecule has 1 aliphatic rings. The zero-order valence-electron chi connectivity index (χ0n) is 14.8. The fraction of sp³-hybridized carbons (Fsp3) is 0.500. The monoisotopic (exact) mass is 361 g/mol. The third-order valence-corrected chi connectivity index (χ3v) is 5.36. The van der Waals surface area contributed by atoms with Gasteiger partial charge in [0, 0.05) is 12.6 Å². The number of aromatic nitrogens is 2. The summed E-state index contributed by atoms with van der Waals surface area (Å²) in [5, 5.41) is 0.453. The van der Waals surface area contributed by atoms with Crippen molar-refractivity contribution in [2.75, 3.05) is 12.3 Å². The summed E-state index contributed by atoms with van der Waals surface area (Å²) in [5.41, 5.74) is 0.968. The van der Waals surface area contributed by atoms with E-state index in [0.717, 1.165) is 23.9 Å². The van der Waals surface area contributed by atoms with Crippen molar-refractivity contribution in [1.82, 2.24) is 14.9 Å². The molecule has 3 rings (SSSR count). The van der Waals surface area contributed by atoms with Crippen molar-refractivity contribution >= 4 is 27.9 Å². The van der Waals surface area contributed by atoms with E-state index in [2.05, 4.69) is 9.97 Å². The van der Waals surface area contributed by atoms with E-state index in [4.69, 9.17) is 4.74 Å². The maximum atomic E-state index is 12.7. The molecule has 7 heteroatoms. The number of amides is 1. The first-order valence-electron chi connectivity index (χ1n) is 8.43. The van der Waals surface area contributed by atoms with Crippen molar-refractivity contribution in [3.8, 4) is 0 Å². The number of hydrogen-bond donors (Lipinski definition) is 0. The average Bonchev–Trinajstić information content (AvgIpc) is 3.01. The fourth-order valence-electron chi connectivity index (χ4n) is 2.88. The lowest BCUT2D eigenvalue weighted by atomic mass is 10.2. The van der Waals surface area contributed by atoms with Crippen LogP contribution in [-0.4, -0.2) is 49.1 Å². The number of nitrogens with zero attached hydrogens (tertiary/aromatic N) is 3. The molecular formula is C18H23N3O3S. The van der Waals surface area contributed by atoms with Crippen LogP contribution in [-0.2, 0) is 15.5 Å². The number of hydrogen-bond acceptors (Lipinski definition) is 5. The highest BCUT2D eigenvalue weighted by Crippen LogP contribution is 2.23. The molecule has 2 atom stereocenters. The van der Waals surface area contributed by atoms with Crippen molar-refractivity contribution < 1.29 is 13.7 Å². The van der Waals surface area contributed by atoms with Crippen molar-refractivity contribution in [2.24, 2.45) is 0 Å². The zero-order chi connectivity index (χ0) is 18.0. The number of carbonyl (C=O) groups is 1. The number of likely N-dealkylation sites (tertiary alicyclic amines) is 1. The van der Waals surface area contributed by atoms with E-state index in [0.29, 0.717) is 17.3 Å². The average molecular weight is 361 g/mol. The summed E-state index contributed by atoms with van der Waals surface area (Å²) in [7, 11) is -1.31. The van der Waals surface area contributed by atoms with E-state index in [9.17, 15) is 9.00 Å². The van der Waals surface area contributed by atoms with E-state index in [-0.39, 0.29) is 12.1 Å². The minimum absolute atomic E-state index is 0.0936. The Morgan fingerprint density at radius 2 is 2.04 bits per heavy atom. The number of ether oxygens (including phenoxy) is 1. The summed E-state index contributed by atoms with van der Waals surface area (Å²) >= 11 is 0. The highest BCUT2D eigenvalue weighted by atomic mass is 32.2. The van der Waals surface area contributed by atoms with Gasteiger partial charge in [-0.1, -0.05) is 12.1 Å². The lowest BCUT2D eigenvalue weighted by molar-refractivity contribution is 0.0241. The molecule has 1 saturated heterocycles. The Balaban J connectivity index is 1.71. The minimum Gasteiger partial charge on any atom is -0.444 e.